The molecule has 0 aliphatic carbocycles. The third kappa shape index (κ3) is 12.4. The fraction of sp³-hybridized carbons (Fsp3) is 0.714. The second kappa shape index (κ2) is 16.9. The molecule has 7 heteroatoms. The van der Waals surface area contributed by atoms with E-state index in [-0.39, 0.29) is 0 Å². The summed E-state index contributed by atoms with van der Waals surface area (Å²) in [6.45, 7) is 10.5. The molecule has 0 bridgehead atoms. The second-order valence-electron chi connectivity index (χ2n) is 6.60. The van der Waals surface area contributed by atoms with Crippen molar-refractivity contribution in [2.24, 2.45) is 0 Å². The van der Waals surface area contributed by atoms with Crippen molar-refractivity contribution >= 4 is 0 Å². The van der Waals surface area contributed by atoms with Gasteiger partial charge in [-0.15, -0.1) is 0 Å². The lowest BCUT2D eigenvalue weighted by atomic mass is 10.2. The van der Waals surface area contributed by atoms with E-state index in [2.05, 4.69) is 12.1 Å². The SMILES string of the molecule is c1ccc(COCCOCC[NH+]2CCOCCOCCOCCOCC2)cc1. The van der Waals surface area contributed by atoms with Crippen LogP contribution in [0.2, 0.25) is 0 Å². The van der Waals surface area contributed by atoms with Crippen molar-refractivity contribution in [3.63, 3.8) is 0 Å². The first-order chi connectivity index (χ1) is 13.9. The van der Waals surface area contributed by atoms with Crippen molar-refractivity contribution < 1.29 is 33.3 Å². The summed E-state index contributed by atoms with van der Waals surface area (Å²) in [5, 5.41) is 0. The smallest absolute Gasteiger partial charge is 0.101 e. The van der Waals surface area contributed by atoms with Crippen LogP contribution in [0.1, 0.15) is 5.56 Å². The van der Waals surface area contributed by atoms with Crippen LogP contribution in [0.25, 0.3) is 0 Å². The molecule has 160 valence electrons. The number of nitrogens with one attached hydrogen (secondary N) is 1. The van der Waals surface area contributed by atoms with E-state index in [1.165, 1.54) is 10.5 Å². The normalized spacial score (nSPS) is 19.0. The Balaban J connectivity index is 1.53. The van der Waals surface area contributed by atoms with Crippen molar-refractivity contribution in [1.29, 1.82) is 0 Å². The third-order valence-electron chi connectivity index (χ3n) is 4.40. The number of rotatable bonds is 8. The predicted molar refractivity (Wildman–Crippen MR) is 106 cm³/mol. The maximum Gasteiger partial charge on any atom is 0.101 e. The highest BCUT2D eigenvalue weighted by Crippen LogP contribution is 1.99. The quantitative estimate of drug-likeness (QED) is 0.631. The van der Waals surface area contributed by atoms with Gasteiger partial charge in [-0.05, 0) is 5.56 Å². The van der Waals surface area contributed by atoms with Crippen LogP contribution >= 0.6 is 0 Å². The summed E-state index contributed by atoms with van der Waals surface area (Å²) in [7, 11) is 0. The van der Waals surface area contributed by atoms with E-state index in [0.29, 0.717) is 66.1 Å². The molecule has 2 rings (SSSR count). The van der Waals surface area contributed by atoms with Crippen molar-refractivity contribution in [2.45, 2.75) is 6.61 Å². The van der Waals surface area contributed by atoms with Crippen molar-refractivity contribution in [2.75, 3.05) is 92.3 Å². The zero-order valence-electron chi connectivity index (χ0n) is 16.9. The minimum absolute atomic E-state index is 0.604. The predicted octanol–water partition coefficient (Wildman–Crippen LogP) is 0.185. The maximum absolute atomic E-state index is 5.73. The van der Waals surface area contributed by atoms with Crippen LogP contribution in [0.3, 0.4) is 0 Å². The molecule has 1 fully saturated rings. The van der Waals surface area contributed by atoms with Gasteiger partial charge >= 0.3 is 0 Å². The minimum atomic E-state index is 0.604. The molecule has 0 unspecified atom stereocenters. The fourth-order valence-electron chi connectivity index (χ4n) is 2.77. The van der Waals surface area contributed by atoms with Gasteiger partial charge in [-0.1, -0.05) is 30.3 Å². The van der Waals surface area contributed by atoms with Gasteiger partial charge in [0.1, 0.15) is 19.6 Å². The molecular formula is C21H36NO6+. The topological polar surface area (TPSA) is 59.8 Å². The van der Waals surface area contributed by atoms with Crippen LogP contribution < -0.4 is 4.90 Å². The Morgan fingerprint density at radius 3 is 1.79 bits per heavy atom. The Morgan fingerprint density at radius 2 is 1.18 bits per heavy atom. The number of hydrogen-bond donors (Lipinski definition) is 1. The summed E-state index contributed by atoms with van der Waals surface area (Å²) in [4.78, 5) is 1.42. The fourth-order valence-corrected chi connectivity index (χ4v) is 2.77. The van der Waals surface area contributed by atoms with Crippen LogP contribution in [0.4, 0.5) is 0 Å². The van der Waals surface area contributed by atoms with Crippen molar-refractivity contribution in [3.8, 4) is 0 Å². The van der Waals surface area contributed by atoms with E-state index in [4.69, 9.17) is 28.4 Å². The van der Waals surface area contributed by atoms with E-state index in [1.807, 2.05) is 18.2 Å². The average Bonchev–Trinajstić information content (AvgIpc) is 2.74. The van der Waals surface area contributed by atoms with E-state index in [9.17, 15) is 0 Å². The highest BCUT2D eigenvalue weighted by Gasteiger charge is 2.09. The van der Waals surface area contributed by atoms with Crippen molar-refractivity contribution in [3.05, 3.63) is 35.9 Å². The summed E-state index contributed by atoms with van der Waals surface area (Å²) >= 11 is 0. The molecule has 0 amide bonds. The van der Waals surface area contributed by atoms with Gasteiger partial charge < -0.3 is 33.3 Å². The van der Waals surface area contributed by atoms with Crippen molar-refractivity contribution in [1.82, 2.24) is 0 Å². The lowest BCUT2D eigenvalue weighted by molar-refractivity contribution is -0.901. The van der Waals surface area contributed by atoms with Crippen LogP contribution in [-0.2, 0) is 35.0 Å². The lowest BCUT2D eigenvalue weighted by Crippen LogP contribution is -3.13. The number of benzene rings is 1. The van der Waals surface area contributed by atoms with E-state index < -0.39 is 0 Å². The van der Waals surface area contributed by atoms with Crippen LogP contribution in [0, 0.1) is 0 Å². The molecule has 28 heavy (non-hydrogen) atoms. The Bertz CT molecular complexity index is 445. The lowest BCUT2D eigenvalue weighted by Gasteiger charge is -2.19. The molecule has 0 aromatic heterocycles. The first kappa shape index (κ1) is 23.2. The molecule has 1 aliphatic heterocycles. The Kier molecular flexibility index (Phi) is 14.0. The van der Waals surface area contributed by atoms with Gasteiger partial charge in [0.2, 0.25) is 0 Å². The van der Waals surface area contributed by atoms with Gasteiger partial charge in [-0.2, -0.15) is 0 Å². The average molecular weight is 399 g/mol. The van der Waals surface area contributed by atoms with E-state index in [0.717, 1.165) is 32.8 Å². The van der Waals surface area contributed by atoms with Gasteiger partial charge in [0, 0.05) is 0 Å². The third-order valence-corrected chi connectivity index (χ3v) is 4.40. The highest BCUT2D eigenvalue weighted by atomic mass is 16.6. The molecule has 0 saturated carbocycles. The Labute approximate surface area is 168 Å². The molecule has 0 radical (unpaired) electrons. The minimum Gasteiger partial charge on any atom is -0.377 e. The van der Waals surface area contributed by atoms with Gasteiger partial charge in [-0.25, -0.2) is 0 Å². The molecule has 1 N–H and O–H groups in total. The van der Waals surface area contributed by atoms with Crippen LogP contribution in [-0.4, -0.2) is 92.3 Å². The van der Waals surface area contributed by atoms with Crippen LogP contribution in [0.15, 0.2) is 30.3 Å². The summed E-state index contributed by atoms with van der Waals surface area (Å²) in [5.41, 5.74) is 1.18. The molecule has 0 atom stereocenters. The van der Waals surface area contributed by atoms with Gasteiger partial charge in [0.25, 0.3) is 0 Å². The summed E-state index contributed by atoms with van der Waals surface area (Å²) < 4.78 is 33.6. The van der Waals surface area contributed by atoms with Gasteiger partial charge in [-0.3, -0.25) is 0 Å². The Morgan fingerprint density at radius 1 is 0.643 bits per heavy atom. The van der Waals surface area contributed by atoms with E-state index >= 15 is 0 Å². The number of quaternary nitrogens is 1. The summed E-state index contributed by atoms with van der Waals surface area (Å²) in [5.74, 6) is 0. The monoisotopic (exact) mass is 398 g/mol. The molecule has 1 aromatic rings. The van der Waals surface area contributed by atoms with Crippen LogP contribution in [0.5, 0.6) is 0 Å². The molecular weight excluding hydrogens is 362 g/mol. The molecule has 1 saturated heterocycles. The highest BCUT2D eigenvalue weighted by molar-refractivity contribution is 5.13. The second-order valence-corrected chi connectivity index (χ2v) is 6.60. The standard InChI is InChI=1S/C21H35NO6/c1-2-4-21(5-3-1)20-28-19-18-25-11-8-22-6-9-23-12-14-26-16-17-27-15-13-24-10-7-22/h1-5H,6-20H2/p+1. The number of ether oxygens (including phenoxy) is 6. The molecule has 1 aromatic carbocycles. The first-order valence-electron chi connectivity index (χ1n) is 10.3. The summed E-state index contributed by atoms with van der Waals surface area (Å²) in [6, 6.07) is 10.2. The van der Waals surface area contributed by atoms with Gasteiger partial charge in [0.15, 0.2) is 0 Å². The zero-order chi connectivity index (χ0) is 19.5. The number of hydrogen-bond acceptors (Lipinski definition) is 6. The first-order valence-corrected chi connectivity index (χ1v) is 10.3. The molecule has 0 spiro atoms. The van der Waals surface area contributed by atoms with Gasteiger partial charge in [0.05, 0.1) is 79.3 Å². The largest absolute Gasteiger partial charge is 0.377 e. The van der Waals surface area contributed by atoms with E-state index in [1.54, 1.807) is 0 Å². The maximum atomic E-state index is 5.73. The molecule has 7 nitrogen and oxygen atoms in total. The molecule has 1 aliphatic rings. The summed E-state index contributed by atoms with van der Waals surface area (Å²) in [6.07, 6.45) is 0. The molecule has 1 heterocycles. The Hall–Kier alpha value is -1.06. The zero-order valence-corrected chi connectivity index (χ0v) is 16.9.